The average Bonchev–Trinajstić information content (AvgIpc) is 3.17. The SMILES string of the molecule is Cc1ccc(-n2nnc(C(=O)Nc3cccc(C(=O)N4CCOCC4)c3C)c2C)cc1. The summed E-state index contributed by atoms with van der Waals surface area (Å²) in [6, 6.07) is 13.2. The van der Waals surface area contributed by atoms with Crippen LogP contribution in [0.15, 0.2) is 42.5 Å². The largest absolute Gasteiger partial charge is 0.378 e. The number of ether oxygens (including phenoxy) is 1. The fourth-order valence-corrected chi connectivity index (χ4v) is 3.59. The molecule has 0 spiro atoms. The molecule has 0 radical (unpaired) electrons. The number of rotatable bonds is 4. The highest BCUT2D eigenvalue weighted by Crippen LogP contribution is 2.22. The summed E-state index contributed by atoms with van der Waals surface area (Å²) < 4.78 is 6.96. The van der Waals surface area contributed by atoms with E-state index >= 15 is 0 Å². The van der Waals surface area contributed by atoms with Gasteiger partial charge in [-0.25, -0.2) is 4.68 Å². The van der Waals surface area contributed by atoms with E-state index in [0.29, 0.717) is 43.2 Å². The topological polar surface area (TPSA) is 89.3 Å². The van der Waals surface area contributed by atoms with Gasteiger partial charge in [0.25, 0.3) is 11.8 Å². The molecule has 1 saturated heterocycles. The minimum atomic E-state index is -0.366. The normalized spacial score (nSPS) is 13.8. The van der Waals surface area contributed by atoms with Gasteiger partial charge in [-0.3, -0.25) is 9.59 Å². The van der Waals surface area contributed by atoms with Gasteiger partial charge in [-0.05, 0) is 50.6 Å². The number of amides is 2. The van der Waals surface area contributed by atoms with E-state index in [1.54, 1.807) is 34.7 Å². The third kappa shape index (κ3) is 4.20. The molecule has 1 N–H and O–H groups in total. The summed E-state index contributed by atoms with van der Waals surface area (Å²) in [5.41, 5.74) is 4.72. The molecule has 1 aromatic heterocycles. The molecule has 0 bridgehead atoms. The van der Waals surface area contributed by atoms with E-state index in [2.05, 4.69) is 15.6 Å². The third-order valence-electron chi connectivity index (χ3n) is 5.50. The lowest BCUT2D eigenvalue weighted by atomic mass is 10.0. The van der Waals surface area contributed by atoms with E-state index in [1.165, 1.54) is 0 Å². The van der Waals surface area contributed by atoms with Crippen LogP contribution >= 0.6 is 0 Å². The second-order valence-electron chi connectivity index (χ2n) is 7.61. The standard InChI is InChI=1S/C23H25N5O3/c1-15-7-9-18(10-8-15)28-17(3)21(25-26-28)22(29)24-20-6-4-5-19(16(20)2)23(30)27-11-13-31-14-12-27/h4-10H,11-14H2,1-3H3,(H,24,29). The maximum atomic E-state index is 12.9. The summed E-state index contributed by atoms with van der Waals surface area (Å²) in [7, 11) is 0. The van der Waals surface area contributed by atoms with Crippen molar-refractivity contribution in [3.8, 4) is 5.69 Å². The number of aryl methyl sites for hydroxylation is 1. The van der Waals surface area contributed by atoms with Gasteiger partial charge in [-0.1, -0.05) is 29.0 Å². The lowest BCUT2D eigenvalue weighted by Crippen LogP contribution is -2.41. The smallest absolute Gasteiger partial charge is 0.278 e. The maximum absolute atomic E-state index is 12.9. The second kappa shape index (κ2) is 8.69. The van der Waals surface area contributed by atoms with Gasteiger partial charge in [0.1, 0.15) is 0 Å². The zero-order chi connectivity index (χ0) is 22.0. The molecule has 0 atom stereocenters. The van der Waals surface area contributed by atoms with Crippen molar-refractivity contribution in [1.82, 2.24) is 19.9 Å². The Hall–Kier alpha value is -3.52. The molecule has 0 saturated carbocycles. The van der Waals surface area contributed by atoms with Gasteiger partial charge >= 0.3 is 0 Å². The molecule has 8 nitrogen and oxygen atoms in total. The van der Waals surface area contributed by atoms with Crippen LogP contribution in [0.4, 0.5) is 5.69 Å². The van der Waals surface area contributed by atoms with Gasteiger partial charge in [-0.2, -0.15) is 0 Å². The maximum Gasteiger partial charge on any atom is 0.278 e. The van der Waals surface area contributed by atoms with Gasteiger partial charge in [-0.15, -0.1) is 5.10 Å². The third-order valence-corrected chi connectivity index (χ3v) is 5.50. The summed E-state index contributed by atoms with van der Waals surface area (Å²) >= 11 is 0. The van der Waals surface area contributed by atoms with Crippen LogP contribution in [0.1, 0.15) is 37.7 Å². The number of nitrogens with one attached hydrogen (secondary N) is 1. The zero-order valence-corrected chi connectivity index (χ0v) is 17.9. The van der Waals surface area contributed by atoms with Gasteiger partial charge < -0.3 is 15.0 Å². The van der Waals surface area contributed by atoms with Crippen LogP contribution < -0.4 is 5.32 Å². The molecule has 0 aliphatic carbocycles. The van der Waals surface area contributed by atoms with Crippen LogP contribution in [0.2, 0.25) is 0 Å². The van der Waals surface area contributed by atoms with E-state index in [0.717, 1.165) is 16.8 Å². The van der Waals surface area contributed by atoms with Crippen LogP contribution in [-0.4, -0.2) is 58.0 Å². The van der Waals surface area contributed by atoms with E-state index < -0.39 is 0 Å². The Kier molecular flexibility index (Phi) is 5.81. The highest BCUT2D eigenvalue weighted by atomic mass is 16.5. The number of morpholine rings is 1. The molecule has 2 aromatic carbocycles. The first-order valence-electron chi connectivity index (χ1n) is 10.2. The number of carbonyl (C=O) groups is 2. The first-order chi connectivity index (χ1) is 15.0. The van der Waals surface area contributed by atoms with Gasteiger partial charge in [0.2, 0.25) is 0 Å². The molecule has 160 valence electrons. The summed E-state index contributed by atoms with van der Waals surface area (Å²) in [6.07, 6.45) is 0. The van der Waals surface area contributed by atoms with E-state index in [1.807, 2.05) is 38.1 Å². The number of nitrogens with zero attached hydrogens (tertiary/aromatic N) is 4. The molecule has 1 aliphatic heterocycles. The molecule has 1 fully saturated rings. The lowest BCUT2D eigenvalue weighted by Gasteiger charge is -2.27. The number of carbonyl (C=O) groups excluding carboxylic acids is 2. The number of benzene rings is 2. The Morgan fingerprint density at radius 3 is 2.42 bits per heavy atom. The number of aromatic nitrogens is 3. The molecule has 2 amide bonds. The Labute approximate surface area is 180 Å². The van der Waals surface area contributed by atoms with Crippen LogP contribution in [0.3, 0.4) is 0 Å². The first kappa shape index (κ1) is 20.7. The minimum Gasteiger partial charge on any atom is -0.378 e. The summed E-state index contributed by atoms with van der Waals surface area (Å²) in [6.45, 7) is 7.86. The Balaban J connectivity index is 1.55. The molecular weight excluding hydrogens is 394 g/mol. The molecule has 3 aromatic rings. The van der Waals surface area contributed by atoms with Crippen molar-refractivity contribution < 1.29 is 14.3 Å². The molecule has 2 heterocycles. The molecule has 1 aliphatic rings. The van der Waals surface area contributed by atoms with E-state index in [4.69, 9.17) is 4.74 Å². The quantitative estimate of drug-likeness (QED) is 0.702. The van der Waals surface area contributed by atoms with E-state index in [-0.39, 0.29) is 17.5 Å². The highest BCUT2D eigenvalue weighted by Gasteiger charge is 2.23. The lowest BCUT2D eigenvalue weighted by molar-refractivity contribution is 0.0302. The van der Waals surface area contributed by atoms with Crippen molar-refractivity contribution in [3.05, 3.63) is 70.5 Å². The van der Waals surface area contributed by atoms with Crippen molar-refractivity contribution in [3.63, 3.8) is 0 Å². The fourth-order valence-electron chi connectivity index (χ4n) is 3.59. The van der Waals surface area contributed by atoms with Crippen LogP contribution in [0.5, 0.6) is 0 Å². The van der Waals surface area contributed by atoms with Crippen LogP contribution in [0, 0.1) is 20.8 Å². The van der Waals surface area contributed by atoms with Gasteiger partial charge in [0.05, 0.1) is 24.6 Å². The molecule has 4 rings (SSSR count). The number of hydrogen-bond donors (Lipinski definition) is 1. The van der Waals surface area contributed by atoms with Crippen molar-refractivity contribution in [2.24, 2.45) is 0 Å². The van der Waals surface area contributed by atoms with Gasteiger partial charge in [0.15, 0.2) is 5.69 Å². The number of anilines is 1. The minimum absolute atomic E-state index is 0.0570. The van der Waals surface area contributed by atoms with Crippen molar-refractivity contribution in [1.29, 1.82) is 0 Å². The predicted octanol–water partition coefficient (Wildman–Crippen LogP) is 2.92. The fraction of sp³-hybridized carbons (Fsp3) is 0.304. The highest BCUT2D eigenvalue weighted by molar-refractivity contribution is 6.05. The summed E-state index contributed by atoms with van der Waals surface area (Å²) in [4.78, 5) is 27.6. The Morgan fingerprint density at radius 2 is 1.71 bits per heavy atom. The average molecular weight is 419 g/mol. The van der Waals surface area contributed by atoms with Crippen molar-refractivity contribution in [2.75, 3.05) is 31.6 Å². The second-order valence-corrected chi connectivity index (χ2v) is 7.61. The van der Waals surface area contributed by atoms with E-state index in [9.17, 15) is 9.59 Å². The van der Waals surface area contributed by atoms with Crippen LogP contribution in [-0.2, 0) is 4.74 Å². The molecule has 0 unspecified atom stereocenters. The number of hydrogen-bond acceptors (Lipinski definition) is 5. The zero-order valence-electron chi connectivity index (χ0n) is 17.9. The molecular formula is C23H25N5O3. The molecule has 8 heteroatoms. The molecule has 31 heavy (non-hydrogen) atoms. The summed E-state index contributed by atoms with van der Waals surface area (Å²) in [5, 5.41) is 11.1. The van der Waals surface area contributed by atoms with Gasteiger partial charge in [0, 0.05) is 24.3 Å². The Morgan fingerprint density at radius 1 is 1.00 bits per heavy atom. The van der Waals surface area contributed by atoms with Crippen LogP contribution in [0.25, 0.3) is 5.69 Å². The predicted molar refractivity (Wildman–Crippen MR) is 117 cm³/mol. The monoisotopic (exact) mass is 419 g/mol. The van der Waals surface area contributed by atoms with Crippen molar-refractivity contribution >= 4 is 17.5 Å². The Bertz CT molecular complexity index is 1110. The van der Waals surface area contributed by atoms with Crippen molar-refractivity contribution in [2.45, 2.75) is 20.8 Å². The first-order valence-corrected chi connectivity index (χ1v) is 10.2. The summed E-state index contributed by atoms with van der Waals surface area (Å²) in [5.74, 6) is -0.423.